The number of piperidine rings is 1. The molecule has 0 radical (unpaired) electrons. The second-order valence-electron chi connectivity index (χ2n) is 5.90. The minimum absolute atomic E-state index is 0.0229. The van der Waals surface area contributed by atoms with Crippen molar-refractivity contribution in [3.05, 3.63) is 0 Å². The standard InChI is InChI=1S/C13H25F3N2O/c1-10(7-12(2,9-19)17-3)18-6-4-5-11(8-18)13(14,15)16/h10-11,17,19H,4-9H2,1-3H3. The Bertz CT molecular complexity index is 280. The Kier molecular flexibility index (Phi) is 5.65. The van der Waals surface area contributed by atoms with Crippen molar-refractivity contribution in [2.45, 2.75) is 50.9 Å². The first kappa shape index (κ1) is 16.7. The number of likely N-dealkylation sites (tertiary alicyclic amines) is 1. The van der Waals surface area contributed by atoms with Crippen LogP contribution in [-0.2, 0) is 0 Å². The Morgan fingerprint density at radius 2 is 2.05 bits per heavy atom. The third-order valence-corrected chi connectivity index (χ3v) is 4.24. The zero-order chi connectivity index (χ0) is 14.7. The second kappa shape index (κ2) is 6.41. The van der Waals surface area contributed by atoms with Gasteiger partial charge in [0.1, 0.15) is 0 Å². The summed E-state index contributed by atoms with van der Waals surface area (Å²) in [6.07, 6.45) is -2.65. The van der Waals surface area contributed by atoms with E-state index in [1.165, 1.54) is 0 Å². The molecule has 0 aromatic heterocycles. The molecule has 1 heterocycles. The molecule has 1 rings (SSSR count). The summed E-state index contributed by atoms with van der Waals surface area (Å²) in [4.78, 5) is 1.90. The van der Waals surface area contributed by atoms with Gasteiger partial charge in [0.2, 0.25) is 0 Å². The summed E-state index contributed by atoms with van der Waals surface area (Å²) >= 11 is 0. The quantitative estimate of drug-likeness (QED) is 0.809. The van der Waals surface area contributed by atoms with Crippen LogP contribution >= 0.6 is 0 Å². The lowest BCUT2D eigenvalue weighted by molar-refractivity contribution is -0.188. The van der Waals surface area contributed by atoms with Gasteiger partial charge in [0.15, 0.2) is 0 Å². The molecule has 1 fully saturated rings. The summed E-state index contributed by atoms with van der Waals surface area (Å²) in [6.45, 7) is 4.58. The number of alkyl halides is 3. The number of hydrogen-bond donors (Lipinski definition) is 2. The fourth-order valence-electron chi connectivity index (χ4n) is 2.70. The summed E-state index contributed by atoms with van der Waals surface area (Å²) in [5, 5.41) is 12.4. The highest BCUT2D eigenvalue weighted by molar-refractivity contribution is 4.88. The zero-order valence-corrected chi connectivity index (χ0v) is 11.9. The van der Waals surface area contributed by atoms with Crippen molar-refractivity contribution < 1.29 is 18.3 Å². The van der Waals surface area contributed by atoms with Crippen LogP contribution in [0.2, 0.25) is 0 Å². The van der Waals surface area contributed by atoms with E-state index in [9.17, 15) is 18.3 Å². The molecule has 1 saturated heterocycles. The molecule has 3 unspecified atom stereocenters. The zero-order valence-electron chi connectivity index (χ0n) is 11.9. The normalized spacial score (nSPS) is 27.0. The predicted octanol–water partition coefficient (Wildman–Crippen LogP) is 2.01. The van der Waals surface area contributed by atoms with E-state index < -0.39 is 17.6 Å². The van der Waals surface area contributed by atoms with Crippen LogP contribution in [0.3, 0.4) is 0 Å². The summed E-state index contributed by atoms with van der Waals surface area (Å²) in [5.41, 5.74) is -0.440. The molecular weight excluding hydrogens is 257 g/mol. The first-order valence-corrected chi connectivity index (χ1v) is 6.82. The minimum Gasteiger partial charge on any atom is -0.394 e. The van der Waals surface area contributed by atoms with Gasteiger partial charge in [-0.15, -0.1) is 0 Å². The van der Waals surface area contributed by atoms with E-state index in [0.29, 0.717) is 19.4 Å². The summed E-state index contributed by atoms with van der Waals surface area (Å²) in [6, 6.07) is 0.0229. The van der Waals surface area contributed by atoms with Gasteiger partial charge < -0.3 is 10.4 Å². The fraction of sp³-hybridized carbons (Fsp3) is 1.00. The lowest BCUT2D eigenvalue weighted by atomic mass is 9.91. The number of likely N-dealkylation sites (N-methyl/N-ethyl adjacent to an activating group) is 1. The van der Waals surface area contributed by atoms with Crippen LogP contribution in [0.25, 0.3) is 0 Å². The number of aliphatic hydroxyl groups is 1. The number of nitrogens with one attached hydrogen (secondary N) is 1. The average Bonchev–Trinajstić information content (AvgIpc) is 2.37. The fourth-order valence-corrected chi connectivity index (χ4v) is 2.70. The van der Waals surface area contributed by atoms with Gasteiger partial charge in [-0.25, -0.2) is 0 Å². The molecule has 3 atom stereocenters. The molecule has 0 aromatic rings. The molecule has 3 nitrogen and oxygen atoms in total. The van der Waals surface area contributed by atoms with Gasteiger partial charge in [-0.3, -0.25) is 4.90 Å². The molecule has 0 aliphatic carbocycles. The number of nitrogens with zero attached hydrogens (tertiary/aromatic N) is 1. The smallest absolute Gasteiger partial charge is 0.393 e. The number of rotatable bonds is 5. The van der Waals surface area contributed by atoms with E-state index in [2.05, 4.69) is 5.32 Å². The van der Waals surface area contributed by atoms with E-state index in [-0.39, 0.29) is 25.6 Å². The second-order valence-corrected chi connectivity index (χ2v) is 5.90. The van der Waals surface area contributed by atoms with Crippen molar-refractivity contribution in [3.8, 4) is 0 Å². The van der Waals surface area contributed by atoms with Crippen molar-refractivity contribution in [2.24, 2.45) is 5.92 Å². The lowest BCUT2D eigenvalue weighted by Crippen LogP contribution is -2.52. The topological polar surface area (TPSA) is 35.5 Å². The van der Waals surface area contributed by atoms with Crippen LogP contribution in [-0.4, -0.2) is 54.5 Å². The molecule has 114 valence electrons. The van der Waals surface area contributed by atoms with E-state index in [1.54, 1.807) is 7.05 Å². The third kappa shape index (κ3) is 4.61. The first-order chi connectivity index (χ1) is 8.72. The largest absolute Gasteiger partial charge is 0.394 e. The summed E-state index contributed by atoms with van der Waals surface area (Å²) in [7, 11) is 1.76. The van der Waals surface area contributed by atoms with E-state index >= 15 is 0 Å². The van der Waals surface area contributed by atoms with Gasteiger partial charge in [-0.2, -0.15) is 13.2 Å². The molecule has 0 aromatic carbocycles. The number of aliphatic hydroxyl groups excluding tert-OH is 1. The Balaban J connectivity index is 2.60. The summed E-state index contributed by atoms with van der Waals surface area (Å²) in [5.74, 6) is -1.21. The molecule has 1 aliphatic heterocycles. The van der Waals surface area contributed by atoms with Crippen LogP contribution in [0.1, 0.15) is 33.1 Å². The van der Waals surface area contributed by atoms with E-state index in [1.807, 2.05) is 18.7 Å². The monoisotopic (exact) mass is 282 g/mol. The van der Waals surface area contributed by atoms with Gasteiger partial charge in [-0.1, -0.05) is 0 Å². The van der Waals surface area contributed by atoms with Crippen LogP contribution in [0.15, 0.2) is 0 Å². The molecule has 2 N–H and O–H groups in total. The average molecular weight is 282 g/mol. The molecule has 0 saturated carbocycles. The molecule has 0 amide bonds. The Morgan fingerprint density at radius 3 is 2.53 bits per heavy atom. The Morgan fingerprint density at radius 1 is 1.42 bits per heavy atom. The van der Waals surface area contributed by atoms with Crippen molar-refractivity contribution >= 4 is 0 Å². The molecule has 19 heavy (non-hydrogen) atoms. The van der Waals surface area contributed by atoms with Crippen LogP contribution in [0.4, 0.5) is 13.2 Å². The van der Waals surface area contributed by atoms with E-state index in [4.69, 9.17) is 0 Å². The van der Waals surface area contributed by atoms with Crippen LogP contribution in [0.5, 0.6) is 0 Å². The van der Waals surface area contributed by atoms with Crippen molar-refractivity contribution in [2.75, 3.05) is 26.7 Å². The number of halogens is 3. The molecule has 0 bridgehead atoms. The highest BCUT2D eigenvalue weighted by Gasteiger charge is 2.42. The van der Waals surface area contributed by atoms with Gasteiger partial charge in [0.25, 0.3) is 0 Å². The van der Waals surface area contributed by atoms with Crippen molar-refractivity contribution in [3.63, 3.8) is 0 Å². The van der Waals surface area contributed by atoms with Gasteiger partial charge in [0, 0.05) is 18.1 Å². The Hall–Kier alpha value is -0.330. The van der Waals surface area contributed by atoms with Crippen molar-refractivity contribution in [1.82, 2.24) is 10.2 Å². The predicted molar refractivity (Wildman–Crippen MR) is 69.0 cm³/mol. The SMILES string of the molecule is CNC(C)(CO)CC(C)N1CCCC(C(F)(F)F)C1. The van der Waals surface area contributed by atoms with Gasteiger partial charge >= 0.3 is 6.18 Å². The molecular formula is C13H25F3N2O. The Labute approximate surface area is 113 Å². The summed E-state index contributed by atoms with van der Waals surface area (Å²) < 4.78 is 38.3. The van der Waals surface area contributed by atoms with Crippen LogP contribution < -0.4 is 5.32 Å². The van der Waals surface area contributed by atoms with E-state index in [0.717, 1.165) is 0 Å². The maximum Gasteiger partial charge on any atom is 0.393 e. The minimum atomic E-state index is -4.10. The highest BCUT2D eigenvalue weighted by Crippen LogP contribution is 2.34. The highest BCUT2D eigenvalue weighted by atomic mass is 19.4. The van der Waals surface area contributed by atoms with Gasteiger partial charge in [0.05, 0.1) is 12.5 Å². The molecule has 0 spiro atoms. The van der Waals surface area contributed by atoms with Crippen LogP contribution in [0, 0.1) is 5.92 Å². The lowest BCUT2D eigenvalue weighted by Gasteiger charge is -2.40. The first-order valence-electron chi connectivity index (χ1n) is 6.82. The molecule has 1 aliphatic rings. The number of hydrogen-bond acceptors (Lipinski definition) is 3. The maximum atomic E-state index is 12.8. The van der Waals surface area contributed by atoms with Gasteiger partial charge in [-0.05, 0) is 46.7 Å². The van der Waals surface area contributed by atoms with Crippen molar-refractivity contribution in [1.29, 1.82) is 0 Å². The molecule has 6 heteroatoms. The maximum absolute atomic E-state index is 12.8. The third-order valence-electron chi connectivity index (χ3n) is 4.24.